The second kappa shape index (κ2) is 3.99. The van der Waals surface area contributed by atoms with Crippen molar-refractivity contribution in [3.63, 3.8) is 0 Å². The molecule has 6 heteroatoms. The third-order valence-electron chi connectivity index (χ3n) is 1.81. The molecule has 0 aliphatic rings. The van der Waals surface area contributed by atoms with Crippen LogP contribution in [0.5, 0.6) is 5.75 Å². The molecule has 0 spiro atoms. The number of aromatic nitrogens is 2. The number of rotatable bonds is 4. The minimum absolute atomic E-state index is 0.265. The second-order valence-electron chi connectivity index (χ2n) is 2.80. The van der Waals surface area contributed by atoms with E-state index in [0.29, 0.717) is 12.4 Å². The van der Waals surface area contributed by atoms with Gasteiger partial charge < -0.3 is 15.3 Å². The maximum atomic E-state index is 10.8. The first-order valence-corrected chi connectivity index (χ1v) is 4.02. The third-order valence-corrected chi connectivity index (χ3v) is 1.81. The zero-order valence-electron chi connectivity index (χ0n) is 7.72. The molecule has 6 nitrogen and oxygen atoms in total. The van der Waals surface area contributed by atoms with Crippen LogP contribution in [0.2, 0.25) is 0 Å². The number of H-pyrrole nitrogens is 2. The summed E-state index contributed by atoms with van der Waals surface area (Å²) in [6.07, 6.45) is 0. The van der Waals surface area contributed by atoms with Gasteiger partial charge in [-0.15, -0.1) is 0 Å². The summed E-state index contributed by atoms with van der Waals surface area (Å²) in [5.74, 6) is 0.152. The molecule has 1 heterocycles. The average Bonchev–Trinajstić information content (AvgIpc) is 2.44. The molecule has 1 aromatic heterocycles. The molecule has 0 saturated carbocycles. The van der Waals surface area contributed by atoms with Crippen LogP contribution in [-0.4, -0.2) is 42.5 Å². The van der Waals surface area contributed by atoms with E-state index < -0.39 is 5.56 Å². The first kappa shape index (κ1) is 9.66. The largest absolute Gasteiger partial charge is 0.500 e. The highest BCUT2D eigenvalue weighted by atomic mass is 16.3. The molecule has 0 atom stereocenters. The van der Waals surface area contributed by atoms with E-state index >= 15 is 0 Å². The summed E-state index contributed by atoms with van der Waals surface area (Å²) in [5.41, 5.74) is -0.494. The van der Waals surface area contributed by atoms with Crippen LogP contribution in [0.3, 0.4) is 0 Å². The Morgan fingerprint density at radius 3 is 2.69 bits per heavy atom. The maximum absolute atomic E-state index is 10.8. The summed E-state index contributed by atoms with van der Waals surface area (Å²) in [4.78, 5) is 12.6. The Bertz CT molecular complexity index is 317. The lowest BCUT2D eigenvalue weighted by molar-refractivity contribution is 0.470. The molecule has 0 unspecified atom stereocenters. The molecule has 1 aromatic rings. The van der Waals surface area contributed by atoms with Gasteiger partial charge in [-0.1, -0.05) is 0 Å². The Morgan fingerprint density at radius 2 is 2.23 bits per heavy atom. The van der Waals surface area contributed by atoms with E-state index in [2.05, 4.69) is 15.5 Å². The van der Waals surface area contributed by atoms with Crippen molar-refractivity contribution in [1.82, 2.24) is 15.5 Å². The van der Waals surface area contributed by atoms with Gasteiger partial charge in [0.05, 0.1) is 0 Å². The van der Waals surface area contributed by atoms with Crippen LogP contribution in [0.25, 0.3) is 0 Å². The highest BCUT2D eigenvalue weighted by Gasteiger charge is 2.11. The van der Waals surface area contributed by atoms with Crippen molar-refractivity contribution >= 4 is 5.82 Å². The first-order valence-electron chi connectivity index (χ1n) is 4.02. The maximum Gasteiger partial charge on any atom is 0.308 e. The van der Waals surface area contributed by atoms with Gasteiger partial charge in [-0.05, 0) is 7.05 Å². The van der Waals surface area contributed by atoms with Gasteiger partial charge in [-0.2, -0.15) is 0 Å². The van der Waals surface area contributed by atoms with Crippen molar-refractivity contribution in [2.75, 3.05) is 32.1 Å². The van der Waals surface area contributed by atoms with Gasteiger partial charge in [-0.3, -0.25) is 15.0 Å². The zero-order valence-corrected chi connectivity index (χ0v) is 7.72. The molecular weight excluding hydrogens is 172 g/mol. The summed E-state index contributed by atoms with van der Waals surface area (Å²) >= 11 is 0. The smallest absolute Gasteiger partial charge is 0.308 e. The number of aromatic hydroxyl groups is 1. The number of likely N-dealkylation sites (N-methyl/N-ethyl adjacent to an activating group) is 2. The molecule has 13 heavy (non-hydrogen) atoms. The van der Waals surface area contributed by atoms with Crippen LogP contribution in [-0.2, 0) is 0 Å². The van der Waals surface area contributed by atoms with Crippen LogP contribution < -0.4 is 15.8 Å². The molecule has 0 aliphatic carbocycles. The van der Waals surface area contributed by atoms with Crippen molar-refractivity contribution < 1.29 is 5.11 Å². The van der Waals surface area contributed by atoms with Crippen LogP contribution in [0.1, 0.15) is 0 Å². The fourth-order valence-electron chi connectivity index (χ4n) is 1.01. The van der Waals surface area contributed by atoms with Crippen LogP contribution in [0, 0.1) is 0 Å². The van der Waals surface area contributed by atoms with Gasteiger partial charge >= 0.3 is 5.56 Å². The number of hydrogen-bond donors (Lipinski definition) is 4. The van der Waals surface area contributed by atoms with E-state index in [-0.39, 0.29) is 5.75 Å². The Labute approximate surface area is 75.6 Å². The molecule has 0 radical (unpaired) electrons. The predicted molar refractivity (Wildman–Crippen MR) is 50.3 cm³/mol. The van der Waals surface area contributed by atoms with Crippen molar-refractivity contribution in [1.29, 1.82) is 0 Å². The summed E-state index contributed by atoms with van der Waals surface area (Å²) in [5, 5.41) is 17.1. The van der Waals surface area contributed by atoms with Gasteiger partial charge in [-0.25, -0.2) is 0 Å². The number of anilines is 1. The molecule has 4 N–H and O–H groups in total. The van der Waals surface area contributed by atoms with E-state index in [4.69, 9.17) is 0 Å². The van der Waals surface area contributed by atoms with Crippen molar-refractivity contribution in [3.8, 4) is 5.75 Å². The first-order chi connectivity index (χ1) is 6.16. The van der Waals surface area contributed by atoms with Crippen LogP contribution in [0.15, 0.2) is 4.79 Å². The number of nitrogens with zero attached hydrogens (tertiary/aromatic N) is 1. The summed E-state index contributed by atoms with van der Waals surface area (Å²) in [6, 6.07) is 0. The fourth-order valence-corrected chi connectivity index (χ4v) is 1.01. The monoisotopic (exact) mass is 186 g/mol. The summed E-state index contributed by atoms with van der Waals surface area (Å²) in [6.45, 7) is 1.49. The van der Waals surface area contributed by atoms with E-state index in [1.807, 2.05) is 7.05 Å². The van der Waals surface area contributed by atoms with Crippen molar-refractivity contribution in [2.24, 2.45) is 0 Å². The van der Waals surface area contributed by atoms with E-state index in [0.717, 1.165) is 6.54 Å². The van der Waals surface area contributed by atoms with E-state index in [1.54, 1.807) is 11.9 Å². The number of hydrogen-bond acceptors (Lipinski definition) is 4. The topological polar surface area (TPSA) is 84.1 Å². The predicted octanol–water partition coefficient (Wildman–Crippen LogP) is -0.936. The molecule has 0 fully saturated rings. The average molecular weight is 186 g/mol. The molecule has 1 rings (SSSR count). The molecule has 0 amide bonds. The lowest BCUT2D eigenvalue weighted by Crippen LogP contribution is -2.27. The molecular formula is C7H14N4O2. The standard InChI is InChI=1S/C7H14N4O2/c1-8-3-4-11(2)6-5(12)7(13)10-9-6/h8,12H,3-4H2,1-2H3,(H2,9,10,13). The minimum atomic E-state index is -0.494. The van der Waals surface area contributed by atoms with Crippen LogP contribution in [0.4, 0.5) is 5.82 Å². The Kier molecular flexibility index (Phi) is 2.97. The quantitative estimate of drug-likeness (QED) is 0.489. The zero-order chi connectivity index (χ0) is 9.84. The lowest BCUT2D eigenvalue weighted by Gasteiger charge is -2.16. The van der Waals surface area contributed by atoms with Crippen molar-refractivity contribution in [2.45, 2.75) is 0 Å². The summed E-state index contributed by atoms with van der Waals surface area (Å²) < 4.78 is 0. The molecule has 74 valence electrons. The Hall–Kier alpha value is -1.43. The van der Waals surface area contributed by atoms with E-state index in [1.165, 1.54) is 0 Å². The molecule has 0 bridgehead atoms. The summed E-state index contributed by atoms with van der Waals surface area (Å²) in [7, 11) is 3.63. The Morgan fingerprint density at radius 1 is 1.54 bits per heavy atom. The number of nitrogens with one attached hydrogen (secondary N) is 3. The molecule has 0 aliphatic heterocycles. The van der Waals surface area contributed by atoms with Crippen LogP contribution >= 0.6 is 0 Å². The Balaban J connectivity index is 2.71. The van der Waals surface area contributed by atoms with Crippen molar-refractivity contribution in [3.05, 3.63) is 10.4 Å². The van der Waals surface area contributed by atoms with Gasteiger partial charge in [0.25, 0.3) is 0 Å². The van der Waals surface area contributed by atoms with Gasteiger partial charge in [0.15, 0.2) is 5.82 Å². The lowest BCUT2D eigenvalue weighted by atomic mass is 10.5. The highest BCUT2D eigenvalue weighted by Crippen LogP contribution is 2.16. The third kappa shape index (κ3) is 2.03. The SMILES string of the molecule is CNCCN(C)c1[nH][nH]c(=O)c1O. The van der Waals surface area contributed by atoms with Gasteiger partial charge in [0.1, 0.15) is 0 Å². The molecule has 0 saturated heterocycles. The number of aromatic amines is 2. The second-order valence-corrected chi connectivity index (χ2v) is 2.80. The van der Waals surface area contributed by atoms with Gasteiger partial charge in [0.2, 0.25) is 5.75 Å². The molecule has 0 aromatic carbocycles. The minimum Gasteiger partial charge on any atom is -0.500 e. The highest BCUT2D eigenvalue weighted by molar-refractivity contribution is 5.49. The normalized spacial score (nSPS) is 10.3. The van der Waals surface area contributed by atoms with Gasteiger partial charge in [0, 0.05) is 20.1 Å². The van der Waals surface area contributed by atoms with E-state index in [9.17, 15) is 9.90 Å². The fraction of sp³-hybridized carbons (Fsp3) is 0.571.